The normalized spacial score (nSPS) is 12.5. The van der Waals surface area contributed by atoms with Gasteiger partial charge in [0.1, 0.15) is 4.90 Å². The van der Waals surface area contributed by atoms with Crippen molar-refractivity contribution in [2.75, 3.05) is 7.05 Å². The van der Waals surface area contributed by atoms with Crippen LogP contribution in [0.3, 0.4) is 0 Å². The molecule has 0 saturated carbocycles. The van der Waals surface area contributed by atoms with Crippen molar-refractivity contribution in [3.05, 3.63) is 26.7 Å². The van der Waals surface area contributed by atoms with E-state index in [9.17, 15) is 8.42 Å². The lowest BCUT2D eigenvalue weighted by Gasteiger charge is -2.22. The molecule has 96 valence electrons. The number of sulfonamides is 1. The number of benzene rings is 1. The third-order valence-electron chi connectivity index (χ3n) is 2.33. The summed E-state index contributed by atoms with van der Waals surface area (Å²) in [5, 5.41) is 0.216. The first kappa shape index (κ1) is 15.2. The van der Waals surface area contributed by atoms with Crippen molar-refractivity contribution in [3.8, 4) is 0 Å². The van der Waals surface area contributed by atoms with Gasteiger partial charge in [-0.2, -0.15) is 4.31 Å². The molecule has 0 unspecified atom stereocenters. The Morgan fingerprint density at radius 1 is 1.24 bits per heavy atom. The van der Waals surface area contributed by atoms with Gasteiger partial charge in [0, 0.05) is 17.6 Å². The fraction of sp³-hybridized carbons (Fsp3) is 0.400. The van der Waals surface area contributed by atoms with Crippen LogP contribution < -0.4 is 0 Å². The van der Waals surface area contributed by atoms with Gasteiger partial charge in [-0.3, -0.25) is 0 Å². The van der Waals surface area contributed by atoms with Crippen LogP contribution in [0.4, 0.5) is 0 Å². The van der Waals surface area contributed by atoms with E-state index in [1.807, 2.05) is 0 Å². The molecule has 0 aromatic heterocycles. The van der Waals surface area contributed by atoms with Crippen LogP contribution in [-0.4, -0.2) is 25.8 Å². The topological polar surface area (TPSA) is 37.4 Å². The molecule has 0 radical (unpaired) electrons. The minimum atomic E-state index is -3.67. The van der Waals surface area contributed by atoms with Crippen molar-refractivity contribution < 1.29 is 8.42 Å². The molecule has 17 heavy (non-hydrogen) atoms. The van der Waals surface area contributed by atoms with Crippen molar-refractivity contribution in [1.82, 2.24) is 4.31 Å². The van der Waals surface area contributed by atoms with Gasteiger partial charge in [-0.05, 0) is 26.0 Å². The van der Waals surface area contributed by atoms with E-state index in [2.05, 4.69) is 15.9 Å². The van der Waals surface area contributed by atoms with Crippen molar-refractivity contribution in [2.24, 2.45) is 0 Å². The summed E-state index contributed by atoms with van der Waals surface area (Å²) in [7, 11) is -2.17. The molecule has 0 saturated heterocycles. The molecule has 0 atom stereocenters. The quantitative estimate of drug-likeness (QED) is 0.822. The summed E-state index contributed by atoms with van der Waals surface area (Å²) in [5.74, 6) is 0. The minimum absolute atomic E-state index is 0.0553. The Kier molecular flexibility index (Phi) is 4.88. The molecule has 0 N–H and O–H groups in total. The SMILES string of the molecule is CC(C)N(C)S(=O)(=O)c1c(Cl)cc(Br)cc1Cl. The van der Waals surface area contributed by atoms with Crippen LogP contribution in [0, 0.1) is 0 Å². The Bertz CT molecular complexity index is 508. The predicted molar refractivity (Wildman–Crippen MR) is 74.2 cm³/mol. The van der Waals surface area contributed by atoms with Gasteiger partial charge in [-0.1, -0.05) is 39.1 Å². The highest BCUT2D eigenvalue weighted by Gasteiger charge is 2.28. The highest BCUT2D eigenvalue weighted by molar-refractivity contribution is 9.10. The van der Waals surface area contributed by atoms with Crippen molar-refractivity contribution >= 4 is 49.2 Å². The molecule has 0 spiro atoms. The van der Waals surface area contributed by atoms with Crippen LogP contribution in [0.25, 0.3) is 0 Å². The zero-order valence-corrected chi connectivity index (χ0v) is 13.5. The summed E-state index contributed by atoms with van der Waals surface area (Å²) in [4.78, 5) is -0.0553. The van der Waals surface area contributed by atoms with Gasteiger partial charge >= 0.3 is 0 Å². The zero-order valence-electron chi connectivity index (χ0n) is 9.54. The van der Waals surface area contributed by atoms with Gasteiger partial charge in [0.15, 0.2) is 0 Å². The predicted octanol–water partition coefficient (Wildman–Crippen LogP) is 3.78. The molecular formula is C10H12BrCl2NO2S. The van der Waals surface area contributed by atoms with Crippen LogP contribution in [-0.2, 0) is 10.0 Å². The third-order valence-corrected chi connectivity index (χ3v) is 5.74. The first-order valence-corrected chi connectivity index (χ1v) is 7.79. The Balaban J connectivity index is 3.45. The summed E-state index contributed by atoms with van der Waals surface area (Å²) in [6.07, 6.45) is 0. The molecule has 3 nitrogen and oxygen atoms in total. The Labute approximate surface area is 120 Å². The second-order valence-electron chi connectivity index (χ2n) is 3.81. The first-order chi connectivity index (χ1) is 7.67. The van der Waals surface area contributed by atoms with Crippen molar-refractivity contribution in [2.45, 2.75) is 24.8 Å². The van der Waals surface area contributed by atoms with E-state index in [-0.39, 0.29) is 21.0 Å². The Morgan fingerprint density at radius 3 is 2.00 bits per heavy atom. The second-order valence-corrected chi connectivity index (χ2v) is 7.48. The van der Waals surface area contributed by atoms with Crippen molar-refractivity contribution in [3.63, 3.8) is 0 Å². The Hall–Kier alpha value is 0.190. The number of rotatable bonds is 3. The monoisotopic (exact) mass is 359 g/mol. The van der Waals surface area contributed by atoms with Gasteiger partial charge in [0.2, 0.25) is 10.0 Å². The smallest absolute Gasteiger partial charge is 0.207 e. The van der Waals surface area contributed by atoms with Crippen LogP contribution in [0.15, 0.2) is 21.5 Å². The minimum Gasteiger partial charge on any atom is -0.207 e. The van der Waals surface area contributed by atoms with Gasteiger partial charge in [-0.15, -0.1) is 0 Å². The molecule has 0 aliphatic rings. The maximum absolute atomic E-state index is 12.3. The summed E-state index contributed by atoms with van der Waals surface area (Å²) >= 11 is 15.1. The number of nitrogens with zero attached hydrogens (tertiary/aromatic N) is 1. The van der Waals surface area contributed by atoms with Gasteiger partial charge < -0.3 is 0 Å². The van der Waals surface area contributed by atoms with E-state index < -0.39 is 10.0 Å². The van der Waals surface area contributed by atoms with E-state index in [0.29, 0.717) is 4.47 Å². The molecule has 0 bridgehead atoms. The largest absolute Gasteiger partial charge is 0.246 e. The third kappa shape index (κ3) is 3.15. The number of hydrogen-bond acceptors (Lipinski definition) is 2. The lowest BCUT2D eigenvalue weighted by molar-refractivity contribution is 0.410. The summed E-state index contributed by atoms with van der Waals surface area (Å²) in [5.41, 5.74) is 0. The second kappa shape index (κ2) is 5.45. The molecule has 0 fully saturated rings. The molecule has 0 aliphatic heterocycles. The number of halogens is 3. The molecule has 1 aromatic rings. The summed E-state index contributed by atoms with van der Waals surface area (Å²) in [6, 6.07) is 2.85. The van der Waals surface area contributed by atoms with Crippen LogP contribution >= 0.6 is 39.1 Å². The van der Waals surface area contributed by atoms with Gasteiger partial charge in [-0.25, -0.2) is 8.42 Å². The molecule has 0 aliphatic carbocycles. The van der Waals surface area contributed by atoms with Gasteiger partial charge in [0.05, 0.1) is 10.0 Å². The maximum Gasteiger partial charge on any atom is 0.246 e. The van der Waals surface area contributed by atoms with E-state index in [1.165, 1.54) is 23.5 Å². The molecule has 1 aromatic carbocycles. The lowest BCUT2D eigenvalue weighted by atomic mass is 10.4. The summed E-state index contributed by atoms with van der Waals surface area (Å²) in [6.45, 7) is 3.55. The van der Waals surface area contributed by atoms with Crippen molar-refractivity contribution in [1.29, 1.82) is 0 Å². The van der Waals surface area contributed by atoms with E-state index in [0.717, 1.165) is 0 Å². The highest BCUT2D eigenvalue weighted by Crippen LogP contribution is 2.34. The van der Waals surface area contributed by atoms with Crippen LogP contribution in [0.2, 0.25) is 10.0 Å². The van der Waals surface area contributed by atoms with E-state index >= 15 is 0 Å². The Morgan fingerprint density at radius 2 is 1.65 bits per heavy atom. The average Bonchev–Trinajstić information content (AvgIpc) is 2.13. The van der Waals surface area contributed by atoms with Crippen LogP contribution in [0.5, 0.6) is 0 Å². The zero-order chi connectivity index (χ0) is 13.4. The molecule has 0 heterocycles. The molecular weight excluding hydrogens is 349 g/mol. The summed E-state index contributed by atoms with van der Waals surface area (Å²) < 4.78 is 26.4. The molecule has 7 heteroatoms. The highest BCUT2D eigenvalue weighted by atomic mass is 79.9. The fourth-order valence-corrected chi connectivity index (χ4v) is 4.44. The number of hydrogen-bond donors (Lipinski definition) is 0. The van der Waals surface area contributed by atoms with E-state index in [1.54, 1.807) is 13.8 Å². The maximum atomic E-state index is 12.3. The molecule has 0 amide bonds. The fourth-order valence-electron chi connectivity index (χ4n) is 1.20. The lowest BCUT2D eigenvalue weighted by Crippen LogP contribution is -2.33. The van der Waals surface area contributed by atoms with Gasteiger partial charge in [0.25, 0.3) is 0 Å². The molecule has 1 rings (SSSR count). The average molecular weight is 361 g/mol. The first-order valence-electron chi connectivity index (χ1n) is 4.80. The van der Waals surface area contributed by atoms with Crippen LogP contribution in [0.1, 0.15) is 13.8 Å². The standard InChI is InChI=1S/C10H12BrCl2NO2S/c1-6(2)14(3)17(15,16)10-8(12)4-7(11)5-9(10)13/h4-6H,1-3H3. The van der Waals surface area contributed by atoms with E-state index in [4.69, 9.17) is 23.2 Å².